The van der Waals surface area contributed by atoms with Crippen LogP contribution in [0.5, 0.6) is 0 Å². The standard InChI is InChI=1S/C15H22N2O/c1-12(2)18-10-9-17-8-6-14-4-3-13(5-7-16)11-15(14)17/h3-4,6,8,11-12H,5,7,9-10,16H2,1-2H3. The Morgan fingerprint density at radius 3 is 2.83 bits per heavy atom. The van der Waals surface area contributed by atoms with E-state index in [0.29, 0.717) is 12.6 Å². The van der Waals surface area contributed by atoms with Crippen LogP contribution in [0.25, 0.3) is 10.9 Å². The molecule has 2 aromatic rings. The summed E-state index contributed by atoms with van der Waals surface area (Å²) < 4.78 is 7.85. The Morgan fingerprint density at radius 1 is 1.28 bits per heavy atom. The molecule has 2 N–H and O–H groups in total. The van der Waals surface area contributed by atoms with Crippen LogP contribution in [-0.2, 0) is 17.7 Å². The summed E-state index contributed by atoms with van der Waals surface area (Å²) in [5, 5.41) is 1.28. The van der Waals surface area contributed by atoms with E-state index in [1.165, 1.54) is 16.5 Å². The second-order valence-corrected chi connectivity index (χ2v) is 4.86. The number of nitrogens with zero attached hydrogens (tertiary/aromatic N) is 1. The summed E-state index contributed by atoms with van der Waals surface area (Å²) in [5.41, 5.74) is 8.18. The lowest BCUT2D eigenvalue weighted by atomic mass is 10.1. The topological polar surface area (TPSA) is 40.2 Å². The van der Waals surface area contributed by atoms with Gasteiger partial charge in [-0.05, 0) is 49.9 Å². The zero-order valence-corrected chi connectivity index (χ0v) is 11.2. The zero-order chi connectivity index (χ0) is 13.0. The van der Waals surface area contributed by atoms with E-state index in [1.807, 2.05) is 0 Å². The van der Waals surface area contributed by atoms with Crippen molar-refractivity contribution in [3.63, 3.8) is 0 Å². The minimum Gasteiger partial charge on any atom is -0.377 e. The highest BCUT2D eigenvalue weighted by atomic mass is 16.5. The molecule has 0 amide bonds. The van der Waals surface area contributed by atoms with Gasteiger partial charge in [0.2, 0.25) is 0 Å². The molecule has 0 spiro atoms. The molecule has 98 valence electrons. The maximum absolute atomic E-state index is 5.60. The van der Waals surface area contributed by atoms with Crippen LogP contribution < -0.4 is 5.73 Å². The van der Waals surface area contributed by atoms with E-state index in [2.05, 4.69) is 48.9 Å². The average molecular weight is 246 g/mol. The van der Waals surface area contributed by atoms with Gasteiger partial charge in [0, 0.05) is 18.3 Å². The van der Waals surface area contributed by atoms with Gasteiger partial charge in [0.1, 0.15) is 0 Å². The molecule has 0 unspecified atom stereocenters. The molecular formula is C15H22N2O. The van der Waals surface area contributed by atoms with Gasteiger partial charge in [0.15, 0.2) is 0 Å². The fraction of sp³-hybridized carbons (Fsp3) is 0.467. The van der Waals surface area contributed by atoms with E-state index in [9.17, 15) is 0 Å². The van der Waals surface area contributed by atoms with Crippen molar-refractivity contribution in [3.05, 3.63) is 36.0 Å². The summed E-state index contributed by atoms with van der Waals surface area (Å²) in [6.07, 6.45) is 3.35. The molecule has 0 atom stereocenters. The Hall–Kier alpha value is -1.32. The molecule has 0 bridgehead atoms. The lowest BCUT2D eigenvalue weighted by Crippen LogP contribution is -2.10. The van der Waals surface area contributed by atoms with Crippen molar-refractivity contribution in [2.24, 2.45) is 5.73 Å². The molecule has 1 aromatic carbocycles. The normalized spacial score (nSPS) is 11.6. The number of benzene rings is 1. The molecule has 0 saturated carbocycles. The van der Waals surface area contributed by atoms with Crippen molar-refractivity contribution in [1.29, 1.82) is 0 Å². The van der Waals surface area contributed by atoms with Crippen molar-refractivity contribution < 1.29 is 4.74 Å². The van der Waals surface area contributed by atoms with Crippen molar-refractivity contribution >= 4 is 10.9 Å². The first-order chi connectivity index (χ1) is 8.70. The van der Waals surface area contributed by atoms with Crippen LogP contribution in [0, 0.1) is 0 Å². The summed E-state index contributed by atoms with van der Waals surface area (Å²) in [6.45, 7) is 6.47. The van der Waals surface area contributed by atoms with Gasteiger partial charge in [0.25, 0.3) is 0 Å². The Bertz CT molecular complexity index is 502. The van der Waals surface area contributed by atoms with Gasteiger partial charge in [-0.15, -0.1) is 0 Å². The number of nitrogens with two attached hydrogens (primary N) is 1. The van der Waals surface area contributed by atoms with Crippen molar-refractivity contribution in [3.8, 4) is 0 Å². The van der Waals surface area contributed by atoms with E-state index in [-0.39, 0.29) is 0 Å². The highest BCUT2D eigenvalue weighted by molar-refractivity contribution is 5.80. The quantitative estimate of drug-likeness (QED) is 0.851. The molecule has 1 aromatic heterocycles. The van der Waals surface area contributed by atoms with Gasteiger partial charge >= 0.3 is 0 Å². The summed E-state index contributed by atoms with van der Waals surface area (Å²) >= 11 is 0. The van der Waals surface area contributed by atoms with Gasteiger partial charge in [-0.1, -0.05) is 12.1 Å². The van der Waals surface area contributed by atoms with Crippen LogP contribution in [0.1, 0.15) is 19.4 Å². The van der Waals surface area contributed by atoms with Gasteiger partial charge in [-0.25, -0.2) is 0 Å². The maximum Gasteiger partial charge on any atom is 0.0649 e. The van der Waals surface area contributed by atoms with Gasteiger partial charge < -0.3 is 15.0 Å². The Kier molecular flexibility index (Phi) is 4.39. The molecule has 18 heavy (non-hydrogen) atoms. The highest BCUT2D eigenvalue weighted by Crippen LogP contribution is 2.18. The molecular weight excluding hydrogens is 224 g/mol. The number of hydrogen-bond acceptors (Lipinski definition) is 2. The first-order valence-corrected chi connectivity index (χ1v) is 6.60. The number of ether oxygens (including phenoxy) is 1. The molecule has 3 heteroatoms. The number of rotatable bonds is 6. The van der Waals surface area contributed by atoms with Gasteiger partial charge in [0.05, 0.1) is 12.7 Å². The Labute approximate surface area is 109 Å². The first-order valence-electron chi connectivity index (χ1n) is 6.60. The molecule has 0 saturated heterocycles. The van der Waals surface area contributed by atoms with Crippen molar-refractivity contribution in [2.45, 2.75) is 32.9 Å². The minimum absolute atomic E-state index is 0.291. The second kappa shape index (κ2) is 6.03. The van der Waals surface area contributed by atoms with Crippen molar-refractivity contribution in [2.75, 3.05) is 13.2 Å². The lowest BCUT2D eigenvalue weighted by Gasteiger charge is -2.10. The number of fused-ring (bicyclic) bond motifs is 1. The molecule has 0 aliphatic rings. The van der Waals surface area contributed by atoms with E-state index in [1.54, 1.807) is 0 Å². The molecule has 0 aliphatic carbocycles. The zero-order valence-electron chi connectivity index (χ0n) is 11.2. The molecule has 0 fully saturated rings. The number of aromatic nitrogens is 1. The Morgan fingerprint density at radius 2 is 2.11 bits per heavy atom. The van der Waals surface area contributed by atoms with E-state index < -0.39 is 0 Å². The van der Waals surface area contributed by atoms with Crippen LogP contribution >= 0.6 is 0 Å². The number of hydrogen-bond donors (Lipinski definition) is 1. The molecule has 2 rings (SSSR count). The largest absolute Gasteiger partial charge is 0.377 e. The maximum atomic E-state index is 5.60. The van der Waals surface area contributed by atoms with Crippen LogP contribution in [-0.4, -0.2) is 23.8 Å². The smallest absolute Gasteiger partial charge is 0.0649 e. The monoisotopic (exact) mass is 246 g/mol. The van der Waals surface area contributed by atoms with Crippen LogP contribution in [0.4, 0.5) is 0 Å². The highest BCUT2D eigenvalue weighted by Gasteiger charge is 2.03. The summed E-state index contributed by atoms with van der Waals surface area (Å²) in [5.74, 6) is 0. The fourth-order valence-corrected chi connectivity index (χ4v) is 2.13. The SMILES string of the molecule is CC(C)OCCn1ccc2ccc(CCN)cc21. The fourth-order valence-electron chi connectivity index (χ4n) is 2.13. The van der Waals surface area contributed by atoms with Crippen LogP contribution in [0.15, 0.2) is 30.5 Å². The summed E-state index contributed by atoms with van der Waals surface area (Å²) in [7, 11) is 0. The van der Waals surface area contributed by atoms with Gasteiger partial charge in [-0.2, -0.15) is 0 Å². The van der Waals surface area contributed by atoms with Crippen LogP contribution in [0.3, 0.4) is 0 Å². The summed E-state index contributed by atoms with van der Waals surface area (Å²) in [4.78, 5) is 0. The molecule has 3 nitrogen and oxygen atoms in total. The third-order valence-corrected chi connectivity index (χ3v) is 3.05. The summed E-state index contributed by atoms with van der Waals surface area (Å²) in [6, 6.07) is 8.71. The van der Waals surface area contributed by atoms with E-state index in [4.69, 9.17) is 10.5 Å². The van der Waals surface area contributed by atoms with Gasteiger partial charge in [-0.3, -0.25) is 0 Å². The second-order valence-electron chi connectivity index (χ2n) is 4.86. The van der Waals surface area contributed by atoms with Crippen molar-refractivity contribution in [1.82, 2.24) is 4.57 Å². The van der Waals surface area contributed by atoms with E-state index >= 15 is 0 Å². The first kappa shape index (κ1) is 13.1. The molecule has 0 aliphatic heterocycles. The minimum atomic E-state index is 0.291. The lowest BCUT2D eigenvalue weighted by molar-refractivity contribution is 0.0733. The average Bonchev–Trinajstić information content (AvgIpc) is 2.72. The molecule has 1 heterocycles. The predicted octanol–water partition coefficient (Wildman–Crippen LogP) is 2.57. The Balaban J connectivity index is 2.14. The molecule has 0 radical (unpaired) electrons. The predicted molar refractivity (Wildman–Crippen MR) is 75.8 cm³/mol. The third kappa shape index (κ3) is 3.12. The third-order valence-electron chi connectivity index (χ3n) is 3.05. The van der Waals surface area contributed by atoms with E-state index in [0.717, 1.165) is 19.6 Å². The van der Waals surface area contributed by atoms with Crippen LogP contribution in [0.2, 0.25) is 0 Å².